The molecule has 0 radical (unpaired) electrons. The molecule has 0 saturated heterocycles. The van der Waals surface area contributed by atoms with E-state index in [1.807, 2.05) is 19.0 Å². The summed E-state index contributed by atoms with van der Waals surface area (Å²) in [6.45, 7) is 2.32. The van der Waals surface area contributed by atoms with E-state index in [9.17, 15) is 5.11 Å². The first kappa shape index (κ1) is 16.0. The van der Waals surface area contributed by atoms with Crippen molar-refractivity contribution in [2.24, 2.45) is 0 Å². The minimum Gasteiger partial charge on any atom is -0.394 e. The van der Waals surface area contributed by atoms with Crippen LogP contribution >= 0.6 is 23.1 Å². The van der Waals surface area contributed by atoms with Gasteiger partial charge in [-0.1, -0.05) is 23.1 Å². The number of thioether (sulfide) groups is 1. The fourth-order valence-corrected chi connectivity index (χ4v) is 3.75. The number of rotatable bonds is 9. The average molecular weight is 316 g/mol. The van der Waals surface area contributed by atoms with Gasteiger partial charge in [0.15, 0.2) is 4.34 Å². The van der Waals surface area contributed by atoms with Gasteiger partial charge in [0.05, 0.1) is 6.61 Å². The molecule has 0 bridgehead atoms. The van der Waals surface area contributed by atoms with Crippen molar-refractivity contribution in [3.05, 3.63) is 0 Å². The molecule has 1 fully saturated rings. The van der Waals surface area contributed by atoms with E-state index >= 15 is 0 Å². The van der Waals surface area contributed by atoms with Gasteiger partial charge < -0.3 is 15.3 Å². The fraction of sp³-hybridized carbons (Fsp3) is 0.846. The van der Waals surface area contributed by atoms with Crippen molar-refractivity contribution in [2.75, 3.05) is 31.4 Å². The molecule has 0 aliphatic heterocycles. The molecule has 1 aliphatic rings. The lowest BCUT2D eigenvalue weighted by Gasteiger charge is -2.29. The maximum absolute atomic E-state index is 9.55. The quantitative estimate of drug-likeness (QED) is 0.536. The van der Waals surface area contributed by atoms with Gasteiger partial charge in [-0.15, -0.1) is 10.2 Å². The lowest BCUT2D eigenvalue weighted by molar-refractivity contribution is 0.163. The lowest BCUT2D eigenvalue weighted by atomic mass is 9.97. The molecule has 114 valence electrons. The van der Waals surface area contributed by atoms with Gasteiger partial charge in [0.25, 0.3) is 0 Å². The van der Waals surface area contributed by atoms with Gasteiger partial charge >= 0.3 is 0 Å². The second-order valence-corrected chi connectivity index (χ2v) is 8.13. The molecule has 20 heavy (non-hydrogen) atoms. The number of hydrogen-bond acceptors (Lipinski definition) is 7. The maximum atomic E-state index is 9.55. The van der Waals surface area contributed by atoms with E-state index < -0.39 is 0 Å². The zero-order chi connectivity index (χ0) is 14.6. The summed E-state index contributed by atoms with van der Waals surface area (Å²) in [5, 5.41) is 22.3. The highest BCUT2D eigenvalue weighted by Crippen LogP contribution is 2.29. The Kier molecular flexibility index (Phi) is 5.65. The molecule has 0 aromatic carbocycles. The van der Waals surface area contributed by atoms with Crippen LogP contribution in [0.25, 0.3) is 0 Å². The molecule has 0 amide bonds. The molecule has 2 rings (SSSR count). The lowest BCUT2D eigenvalue weighted by Crippen LogP contribution is -2.46. The van der Waals surface area contributed by atoms with Gasteiger partial charge in [0, 0.05) is 31.4 Å². The number of nitrogens with zero attached hydrogens (tertiary/aromatic N) is 3. The number of nitrogens with one attached hydrogen (secondary N) is 1. The van der Waals surface area contributed by atoms with Gasteiger partial charge in [-0.2, -0.15) is 0 Å². The Hall–Kier alpha value is -0.370. The van der Waals surface area contributed by atoms with Crippen molar-refractivity contribution in [3.63, 3.8) is 0 Å². The second kappa shape index (κ2) is 7.06. The van der Waals surface area contributed by atoms with Crippen LogP contribution in [-0.4, -0.2) is 53.3 Å². The van der Waals surface area contributed by atoms with Crippen LogP contribution in [0.4, 0.5) is 5.13 Å². The van der Waals surface area contributed by atoms with Crippen molar-refractivity contribution in [3.8, 4) is 0 Å². The fourth-order valence-electron chi connectivity index (χ4n) is 1.98. The van der Waals surface area contributed by atoms with E-state index in [2.05, 4.69) is 22.4 Å². The summed E-state index contributed by atoms with van der Waals surface area (Å²) in [5.41, 5.74) is -0.127. The largest absolute Gasteiger partial charge is 0.394 e. The third-order valence-corrected chi connectivity index (χ3v) is 5.67. The third-order valence-electron chi connectivity index (χ3n) is 3.36. The van der Waals surface area contributed by atoms with Crippen molar-refractivity contribution in [1.82, 2.24) is 15.5 Å². The number of anilines is 1. The molecule has 0 spiro atoms. The highest BCUT2D eigenvalue weighted by molar-refractivity contribution is 8.01. The molecule has 1 heterocycles. The predicted octanol–water partition coefficient (Wildman–Crippen LogP) is 1.98. The molecule has 2 N–H and O–H groups in total. The summed E-state index contributed by atoms with van der Waals surface area (Å²) in [5.74, 6) is 1.02. The van der Waals surface area contributed by atoms with Crippen molar-refractivity contribution < 1.29 is 5.11 Å². The van der Waals surface area contributed by atoms with Crippen LogP contribution < -0.4 is 10.2 Å². The average Bonchev–Trinajstić information content (AvgIpc) is 3.08. The first-order valence-corrected chi connectivity index (χ1v) is 8.85. The van der Waals surface area contributed by atoms with E-state index in [1.54, 1.807) is 23.1 Å². The summed E-state index contributed by atoms with van der Waals surface area (Å²) < 4.78 is 1.02. The SMILES string of the molecule is CN(C)c1nnc(SCCCC(C)(CO)NC2CC2)s1. The maximum Gasteiger partial charge on any atom is 0.208 e. The normalized spacial score (nSPS) is 18.0. The number of hydrogen-bond donors (Lipinski definition) is 2. The van der Waals surface area contributed by atoms with Crippen LogP contribution in [0, 0.1) is 0 Å². The Morgan fingerprint density at radius 2 is 2.20 bits per heavy atom. The second-order valence-electron chi connectivity index (χ2n) is 5.83. The van der Waals surface area contributed by atoms with E-state index in [1.165, 1.54) is 12.8 Å². The summed E-state index contributed by atoms with van der Waals surface area (Å²) in [7, 11) is 3.95. The van der Waals surface area contributed by atoms with Crippen LogP contribution in [-0.2, 0) is 0 Å². The predicted molar refractivity (Wildman–Crippen MR) is 85.8 cm³/mol. The first-order chi connectivity index (χ1) is 9.52. The summed E-state index contributed by atoms with van der Waals surface area (Å²) in [6.07, 6.45) is 4.57. The van der Waals surface area contributed by atoms with Gasteiger partial charge in [0.1, 0.15) is 0 Å². The Balaban J connectivity index is 1.69. The smallest absolute Gasteiger partial charge is 0.208 e. The minimum absolute atomic E-state index is 0.127. The van der Waals surface area contributed by atoms with Crippen LogP contribution in [0.2, 0.25) is 0 Å². The Bertz CT molecular complexity index is 422. The molecule has 7 heteroatoms. The summed E-state index contributed by atoms with van der Waals surface area (Å²) >= 11 is 3.38. The van der Waals surface area contributed by atoms with Crippen LogP contribution in [0.5, 0.6) is 0 Å². The van der Waals surface area contributed by atoms with Crippen molar-refractivity contribution in [2.45, 2.75) is 48.5 Å². The molecular weight excluding hydrogens is 292 g/mol. The molecule has 1 saturated carbocycles. The van der Waals surface area contributed by atoms with Crippen LogP contribution in [0.1, 0.15) is 32.6 Å². The zero-order valence-corrected chi connectivity index (χ0v) is 14.1. The van der Waals surface area contributed by atoms with E-state index in [0.717, 1.165) is 28.1 Å². The molecule has 5 nitrogen and oxygen atoms in total. The van der Waals surface area contributed by atoms with Crippen molar-refractivity contribution >= 4 is 28.2 Å². The highest BCUT2D eigenvalue weighted by Gasteiger charge is 2.31. The zero-order valence-electron chi connectivity index (χ0n) is 12.4. The molecule has 1 aromatic heterocycles. The van der Waals surface area contributed by atoms with Gasteiger partial charge in [-0.3, -0.25) is 0 Å². The Labute approximate surface area is 129 Å². The van der Waals surface area contributed by atoms with Crippen LogP contribution in [0.15, 0.2) is 4.34 Å². The minimum atomic E-state index is -0.127. The summed E-state index contributed by atoms with van der Waals surface area (Å²) in [4.78, 5) is 1.98. The Morgan fingerprint density at radius 1 is 1.45 bits per heavy atom. The topological polar surface area (TPSA) is 61.3 Å². The highest BCUT2D eigenvalue weighted by atomic mass is 32.2. The molecule has 1 atom stereocenters. The van der Waals surface area contributed by atoms with Crippen molar-refractivity contribution in [1.29, 1.82) is 0 Å². The number of aromatic nitrogens is 2. The third kappa shape index (κ3) is 4.87. The molecular formula is C13H24N4OS2. The molecule has 1 aliphatic carbocycles. The molecule has 1 unspecified atom stereocenters. The summed E-state index contributed by atoms with van der Waals surface area (Å²) in [6, 6.07) is 0.630. The van der Waals surface area contributed by atoms with Crippen LogP contribution in [0.3, 0.4) is 0 Å². The monoisotopic (exact) mass is 316 g/mol. The molecule has 1 aromatic rings. The standard InChI is InChI=1S/C13H24N4OS2/c1-13(9-18,14-10-5-6-10)7-4-8-19-12-16-15-11(20-12)17(2)3/h10,14,18H,4-9H2,1-3H3. The van der Waals surface area contributed by atoms with Gasteiger partial charge in [-0.25, -0.2) is 0 Å². The number of aliphatic hydroxyl groups excluding tert-OH is 1. The van der Waals surface area contributed by atoms with E-state index in [0.29, 0.717) is 6.04 Å². The van der Waals surface area contributed by atoms with Gasteiger partial charge in [-0.05, 0) is 32.6 Å². The Morgan fingerprint density at radius 3 is 2.75 bits per heavy atom. The van der Waals surface area contributed by atoms with Gasteiger partial charge in [0.2, 0.25) is 5.13 Å². The van der Waals surface area contributed by atoms with E-state index in [-0.39, 0.29) is 12.1 Å². The first-order valence-electron chi connectivity index (χ1n) is 7.04. The number of aliphatic hydroxyl groups is 1. The van der Waals surface area contributed by atoms with E-state index in [4.69, 9.17) is 0 Å².